The molecule has 0 radical (unpaired) electrons. The van der Waals surface area contributed by atoms with Crippen LogP contribution in [0.1, 0.15) is 22.2 Å². The van der Waals surface area contributed by atoms with E-state index in [-0.39, 0.29) is 0 Å². The Balaban J connectivity index is 2.51. The van der Waals surface area contributed by atoms with Gasteiger partial charge in [0.2, 0.25) is 0 Å². The quantitative estimate of drug-likeness (QED) is 0.919. The lowest BCUT2D eigenvalue weighted by Gasteiger charge is -2.23. The maximum Gasteiger partial charge on any atom is 0.265 e. The minimum atomic E-state index is -3.55. The Kier molecular flexibility index (Phi) is 4.70. The molecule has 0 fully saturated rings. The van der Waals surface area contributed by atoms with E-state index in [0.717, 1.165) is 15.3 Å². The first-order valence-electron chi connectivity index (χ1n) is 6.79. The van der Waals surface area contributed by atoms with E-state index in [1.165, 1.54) is 15.6 Å². The van der Waals surface area contributed by atoms with Gasteiger partial charge in [0.05, 0.1) is 5.69 Å². The van der Waals surface area contributed by atoms with Gasteiger partial charge >= 0.3 is 0 Å². The molecule has 0 aliphatic carbocycles. The van der Waals surface area contributed by atoms with Gasteiger partial charge in [-0.25, -0.2) is 8.42 Å². The monoisotopic (exact) mass is 324 g/mol. The fourth-order valence-electron chi connectivity index (χ4n) is 2.27. The van der Waals surface area contributed by atoms with Gasteiger partial charge in [-0.3, -0.25) is 4.31 Å². The zero-order valence-corrected chi connectivity index (χ0v) is 14.1. The van der Waals surface area contributed by atoms with Crippen LogP contribution in [0.4, 0.5) is 5.69 Å². The predicted octanol–water partition coefficient (Wildman–Crippen LogP) is 3.04. The summed E-state index contributed by atoms with van der Waals surface area (Å²) in [6.45, 7) is 6.36. The first kappa shape index (κ1) is 16.0. The maximum absolute atomic E-state index is 12.9. The number of thiophene rings is 1. The molecule has 2 rings (SSSR count). The number of hydrogen-bond donors (Lipinski definition) is 1. The Bertz CT molecular complexity index is 736. The van der Waals surface area contributed by atoms with Crippen LogP contribution in [0.3, 0.4) is 0 Å². The van der Waals surface area contributed by atoms with Gasteiger partial charge in [0.15, 0.2) is 0 Å². The molecule has 0 aliphatic heterocycles. The van der Waals surface area contributed by atoms with Crippen molar-refractivity contribution < 1.29 is 8.42 Å². The summed E-state index contributed by atoms with van der Waals surface area (Å²) < 4.78 is 27.3. The highest BCUT2D eigenvalue weighted by Gasteiger charge is 2.27. The van der Waals surface area contributed by atoms with Crippen LogP contribution in [-0.2, 0) is 16.6 Å². The SMILES string of the molecule is CCN(c1cccc(C)c1)S(=O)(=O)c1cc(CN)sc1C. The second-order valence-corrected chi connectivity index (χ2v) is 8.02. The van der Waals surface area contributed by atoms with Crippen LogP contribution >= 0.6 is 11.3 Å². The van der Waals surface area contributed by atoms with Crippen molar-refractivity contribution in [3.05, 3.63) is 45.6 Å². The second kappa shape index (κ2) is 6.17. The minimum absolute atomic E-state index is 0.358. The van der Waals surface area contributed by atoms with Crippen LogP contribution in [0.5, 0.6) is 0 Å². The van der Waals surface area contributed by atoms with Crippen molar-refractivity contribution in [2.24, 2.45) is 5.73 Å². The van der Waals surface area contributed by atoms with E-state index in [2.05, 4.69) is 0 Å². The van der Waals surface area contributed by atoms with E-state index < -0.39 is 10.0 Å². The van der Waals surface area contributed by atoms with Crippen molar-refractivity contribution >= 4 is 27.0 Å². The van der Waals surface area contributed by atoms with E-state index in [0.29, 0.717) is 23.7 Å². The molecule has 0 atom stereocenters. The average Bonchev–Trinajstić information content (AvgIpc) is 2.81. The van der Waals surface area contributed by atoms with Crippen LogP contribution in [-0.4, -0.2) is 15.0 Å². The third-order valence-corrected chi connectivity index (χ3v) is 6.50. The zero-order valence-electron chi connectivity index (χ0n) is 12.5. The normalized spacial score (nSPS) is 11.6. The molecule has 1 heterocycles. The molecule has 2 N–H and O–H groups in total. The van der Waals surface area contributed by atoms with Gasteiger partial charge in [-0.05, 0) is 44.5 Å². The van der Waals surface area contributed by atoms with Crippen molar-refractivity contribution in [2.45, 2.75) is 32.2 Å². The van der Waals surface area contributed by atoms with E-state index in [9.17, 15) is 8.42 Å². The minimum Gasteiger partial charge on any atom is -0.326 e. The molecular formula is C15H20N2O2S2. The lowest BCUT2D eigenvalue weighted by atomic mass is 10.2. The standard InChI is InChI=1S/C15H20N2O2S2/c1-4-17(13-7-5-6-11(2)8-13)21(18,19)15-9-14(10-16)20-12(15)3/h5-9H,4,10,16H2,1-3H3. The molecule has 21 heavy (non-hydrogen) atoms. The molecule has 0 aliphatic rings. The molecule has 6 heteroatoms. The third kappa shape index (κ3) is 3.12. The highest BCUT2D eigenvalue weighted by Crippen LogP contribution is 2.30. The number of nitrogens with zero attached hydrogens (tertiary/aromatic N) is 1. The summed E-state index contributed by atoms with van der Waals surface area (Å²) in [5.74, 6) is 0. The molecule has 0 unspecified atom stereocenters. The van der Waals surface area contributed by atoms with Crippen molar-refractivity contribution in [1.29, 1.82) is 0 Å². The van der Waals surface area contributed by atoms with Crippen molar-refractivity contribution in [1.82, 2.24) is 0 Å². The second-order valence-electron chi connectivity index (χ2n) is 4.85. The molecule has 0 saturated carbocycles. The lowest BCUT2D eigenvalue weighted by molar-refractivity contribution is 0.591. The molecule has 114 valence electrons. The van der Waals surface area contributed by atoms with Crippen LogP contribution in [0.25, 0.3) is 0 Å². The molecule has 1 aromatic heterocycles. The number of aryl methyl sites for hydroxylation is 2. The number of rotatable bonds is 5. The van der Waals surface area contributed by atoms with Crippen LogP contribution in [0.2, 0.25) is 0 Å². The summed E-state index contributed by atoms with van der Waals surface area (Å²) in [5.41, 5.74) is 7.34. The molecular weight excluding hydrogens is 304 g/mol. The molecule has 0 spiro atoms. The molecule has 4 nitrogen and oxygen atoms in total. The summed E-state index contributed by atoms with van der Waals surface area (Å²) in [4.78, 5) is 2.02. The molecule has 1 aromatic carbocycles. The van der Waals surface area contributed by atoms with Crippen LogP contribution in [0.15, 0.2) is 35.2 Å². The topological polar surface area (TPSA) is 63.4 Å². The maximum atomic E-state index is 12.9. The average molecular weight is 324 g/mol. The van der Waals surface area contributed by atoms with Gasteiger partial charge in [0.1, 0.15) is 4.90 Å². The van der Waals surface area contributed by atoms with E-state index >= 15 is 0 Å². The fourth-order valence-corrected chi connectivity index (χ4v) is 5.23. The molecule has 0 saturated heterocycles. The van der Waals surface area contributed by atoms with Gasteiger partial charge in [-0.15, -0.1) is 11.3 Å². The largest absolute Gasteiger partial charge is 0.326 e. The van der Waals surface area contributed by atoms with Gasteiger partial charge in [0, 0.05) is 22.8 Å². The summed E-state index contributed by atoms with van der Waals surface area (Å²) in [6.07, 6.45) is 0. The van der Waals surface area contributed by atoms with Crippen molar-refractivity contribution in [3.63, 3.8) is 0 Å². The van der Waals surface area contributed by atoms with Crippen molar-refractivity contribution in [3.8, 4) is 0 Å². The van der Waals surface area contributed by atoms with Gasteiger partial charge in [-0.2, -0.15) is 0 Å². The first-order chi connectivity index (χ1) is 9.90. The number of anilines is 1. The number of benzene rings is 1. The highest BCUT2D eigenvalue weighted by molar-refractivity contribution is 7.93. The fraction of sp³-hybridized carbons (Fsp3) is 0.333. The van der Waals surface area contributed by atoms with E-state index in [4.69, 9.17) is 5.73 Å². The Morgan fingerprint density at radius 3 is 2.48 bits per heavy atom. The summed E-state index contributed by atoms with van der Waals surface area (Å²) in [7, 11) is -3.55. The summed E-state index contributed by atoms with van der Waals surface area (Å²) >= 11 is 1.44. The first-order valence-corrected chi connectivity index (χ1v) is 9.04. The van der Waals surface area contributed by atoms with Crippen LogP contribution < -0.4 is 10.0 Å². The molecule has 0 bridgehead atoms. The number of hydrogen-bond acceptors (Lipinski definition) is 4. The summed E-state index contributed by atoms with van der Waals surface area (Å²) in [5, 5.41) is 0. The highest BCUT2D eigenvalue weighted by atomic mass is 32.2. The Morgan fingerprint density at radius 1 is 1.24 bits per heavy atom. The smallest absolute Gasteiger partial charge is 0.265 e. The van der Waals surface area contributed by atoms with Crippen LogP contribution in [0, 0.1) is 13.8 Å². The zero-order chi connectivity index (χ0) is 15.6. The predicted molar refractivity (Wildman–Crippen MR) is 88.3 cm³/mol. The number of nitrogens with two attached hydrogens (primary N) is 1. The van der Waals surface area contributed by atoms with Crippen molar-refractivity contribution in [2.75, 3.05) is 10.8 Å². The number of sulfonamides is 1. The Hall–Kier alpha value is -1.37. The lowest BCUT2D eigenvalue weighted by Crippen LogP contribution is -2.30. The Labute approximate surface area is 130 Å². The Morgan fingerprint density at radius 2 is 1.95 bits per heavy atom. The van der Waals surface area contributed by atoms with Gasteiger partial charge < -0.3 is 5.73 Å². The van der Waals surface area contributed by atoms with E-state index in [1.54, 1.807) is 6.07 Å². The van der Waals surface area contributed by atoms with Gasteiger partial charge in [0.25, 0.3) is 10.0 Å². The third-order valence-electron chi connectivity index (χ3n) is 3.27. The molecule has 0 amide bonds. The van der Waals surface area contributed by atoms with E-state index in [1.807, 2.05) is 45.0 Å². The summed E-state index contributed by atoms with van der Waals surface area (Å²) in [6, 6.07) is 9.21. The van der Waals surface area contributed by atoms with Gasteiger partial charge in [-0.1, -0.05) is 12.1 Å². The molecule has 2 aromatic rings.